The molecular formula is C33H36N4. The van der Waals surface area contributed by atoms with E-state index in [2.05, 4.69) is 109 Å². The van der Waals surface area contributed by atoms with E-state index in [0.717, 1.165) is 32.4 Å². The number of H-pyrrole nitrogens is 1. The molecule has 37 heavy (non-hydrogen) atoms. The first kappa shape index (κ1) is 23.7. The number of hydrogen-bond donors (Lipinski definition) is 1. The predicted octanol–water partition coefficient (Wildman–Crippen LogP) is 7.57. The lowest BCUT2D eigenvalue weighted by atomic mass is 9.95. The summed E-state index contributed by atoms with van der Waals surface area (Å²) in [5, 5.41) is 6.58. The fourth-order valence-corrected chi connectivity index (χ4v) is 6.12. The van der Waals surface area contributed by atoms with Gasteiger partial charge in [-0.3, -0.25) is 4.90 Å². The van der Waals surface area contributed by atoms with Gasteiger partial charge in [0.25, 0.3) is 0 Å². The van der Waals surface area contributed by atoms with E-state index >= 15 is 0 Å². The first-order chi connectivity index (χ1) is 18.1. The Morgan fingerprint density at radius 3 is 2.49 bits per heavy atom. The van der Waals surface area contributed by atoms with E-state index in [4.69, 9.17) is 5.10 Å². The molecule has 188 valence electrons. The van der Waals surface area contributed by atoms with E-state index in [9.17, 15) is 0 Å². The molecule has 2 aromatic heterocycles. The Balaban J connectivity index is 1.53. The molecule has 0 fully saturated rings. The minimum absolute atomic E-state index is 0.354. The van der Waals surface area contributed by atoms with E-state index in [1.807, 2.05) is 6.20 Å². The SMILES string of the molecule is CCc1cccc(CC)c1-n1nc2c(c1-c1ccc3[nH]ccc3c1)CN(C(C)c1ccccc1C)CC2. The largest absolute Gasteiger partial charge is 0.361 e. The van der Waals surface area contributed by atoms with Crippen LogP contribution >= 0.6 is 0 Å². The van der Waals surface area contributed by atoms with Gasteiger partial charge in [0.15, 0.2) is 0 Å². The summed E-state index contributed by atoms with van der Waals surface area (Å²) in [4.78, 5) is 5.98. The Hall–Kier alpha value is -3.63. The molecule has 0 aliphatic carbocycles. The van der Waals surface area contributed by atoms with E-state index < -0.39 is 0 Å². The van der Waals surface area contributed by atoms with Crippen molar-refractivity contribution in [3.8, 4) is 16.9 Å². The molecule has 3 heterocycles. The molecule has 0 saturated heterocycles. The first-order valence-electron chi connectivity index (χ1n) is 13.7. The molecule has 0 radical (unpaired) electrons. The topological polar surface area (TPSA) is 36.9 Å². The standard InChI is InChI=1S/C33H36N4/c1-5-24-11-9-12-25(6-2)32(24)37-33(27-14-15-30-26(20-27)16-18-34-30)29-21-36(19-17-31(29)35-37)23(4)28-13-8-7-10-22(28)3/h7-16,18,20,23,34H,5-6,17,19,21H2,1-4H3. The number of nitrogens with zero attached hydrogens (tertiary/aromatic N) is 3. The monoisotopic (exact) mass is 488 g/mol. The highest BCUT2D eigenvalue weighted by molar-refractivity contribution is 5.85. The molecule has 4 nitrogen and oxygen atoms in total. The summed E-state index contributed by atoms with van der Waals surface area (Å²) < 4.78 is 2.29. The Kier molecular flexibility index (Phi) is 6.21. The van der Waals surface area contributed by atoms with E-state index in [1.165, 1.54) is 61.4 Å². The average molecular weight is 489 g/mol. The van der Waals surface area contributed by atoms with Gasteiger partial charge in [-0.15, -0.1) is 0 Å². The third kappa shape index (κ3) is 4.10. The number of rotatable bonds is 6. The summed E-state index contributed by atoms with van der Waals surface area (Å²) in [6.07, 6.45) is 4.96. The molecule has 4 heteroatoms. The minimum Gasteiger partial charge on any atom is -0.361 e. The quantitative estimate of drug-likeness (QED) is 0.268. The molecule has 1 N–H and O–H groups in total. The summed E-state index contributed by atoms with van der Waals surface area (Å²) in [6.45, 7) is 11.0. The van der Waals surface area contributed by atoms with Crippen LogP contribution in [-0.2, 0) is 25.8 Å². The highest BCUT2D eigenvalue weighted by Gasteiger charge is 2.30. The zero-order chi connectivity index (χ0) is 25.5. The highest BCUT2D eigenvalue weighted by atomic mass is 15.3. The molecular weight excluding hydrogens is 452 g/mol. The second-order valence-electron chi connectivity index (χ2n) is 10.4. The number of fused-ring (bicyclic) bond motifs is 2. The van der Waals surface area contributed by atoms with E-state index in [0.29, 0.717) is 6.04 Å². The maximum Gasteiger partial charge on any atom is 0.0789 e. The second kappa shape index (κ2) is 9.68. The van der Waals surface area contributed by atoms with Gasteiger partial charge in [0, 0.05) is 53.8 Å². The van der Waals surface area contributed by atoms with Crippen LogP contribution in [0.3, 0.4) is 0 Å². The Labute approximate surface area is 220 Å². The van der Waals surface area contributed by atoms with Crippen LogP contribution in [0.15, 0.2) is 72.9 Å². The molecule has 0 saturated carbocycles. The van der Waals surface area contributed by atoms with Crippen molar-refractivity contribution < 1.29 is 0 Å². The van der Waals surface area contributed by atoms with Gasteiger partial charge in [0.2, 0.25) is 0 Å². The fourth-order valence-electron chi connectivity index (χ4n) is 6.12. The van der Waals surface area contributed by atoms with Crippen molar-refractivity contribution in [2.24, 2.45) is 0 Å². The first-order valence-corrected chi connectivity index (χ1v) is 13.7. The van der Waals surface area contributed by atoms with Crippen LogP contribution in [0, 0.1) is 6.92 Å². The molecule has 0 amide bonds. The third-order valence-corrected chi connectivity index (χ3v) is 8.25. The number of aromatic amines is 1. The minimum atomic E-state index is 0.354. The van der Waals surface area contributed by atoms with Gasteiger partial charge in [-0.05, 0) is 67.1 Å². The van der Waals surface area contributed by atoms with Crippen molar-refractivity contribution in [2.45, 2.75) is 59.5 Å². The Morgan fingerprint density at radius 1 is 0.946 bits per heavy atom. The van der Waals surface area contributed by atoms with Gasteiger partial charge in [0.1, 0.15) is 0 Å². The van der Waals surface area contributed by atoms with Gasteiger partial charge in [-0.25, -0.2) is 4.68 Å². The zero-order valence-electron chi connectivity index (χ0n) is 22.4. The van der Waals surface area contributed by atoms with Crippen LogP contribution < -0.4 is 0 Å². The summed E-state index contributed by atoms with van der Waals surface area (Å²) in [5.41, 5.74) is 13.0. The van der Waals surface area contributed by atoms with Gasteiger partial charge in [-0.2, -0.15) is 5.10 Å². The lowest BCUT2D eigenvalue weighted by Gasteiger charge is -2.33. The normalized spacial score (nSPS) is 14.7. The average Bonchev–Trinajstić information content (AvgIpc) is 3.56. The maximum absolute atomic E-state index is 5.35. The summed E-state index contributed by atoms with van der Waals surface area (Å²) >= 11 is 0. The van der Waals surface area contributed by atoms with E-state index in [1.54, 1.807) is 0 Å². The Bertz CT molecular complexity index is 1550. The van der Waals surface area contributed by atoms with Gasteiger partial charge in [-0.1, -0.05) is 62.4 Å². The number of benzene rings is 3. The number of nitrogens with one attached hydrogen (secondary N) is 1. The van der Waals surface area contributed by atoms with Crippen LogP contribution in [0.1, 0.15) is 60.3 Å². The number of para-hydroxylation sites is 1. The molecule has 1 unspecified atom stereocenters. The van der Waals surface area contributed by atoms with Crippen LogP contribution in [0.4, 0.5) is 0 Å². The molecule has 1 aliphatic rings. The third-order valence-electron chi connectivity index (χ3n) is 8.25. The number of aromatic nitrogens is 3. The molecule has 5 aromatic rings. The van der Waals surface area contributed by atoms with Crippen LogP contribution in [0.2, 0.25) is 0 Å². The van der Waals surface area contributed by atoms with Gasteiger partial charge < -0.3 is 4.98 Å². The van der Waals surface area contributed by atoms with Crippen LogP contribution in [-0.4, -0.2) is 26.2 Å². The maximum atomic E-state index is 5.35. The van der Waals surface area contributed by atoms with Crippen molar-refractivity contribution in [3.63, 3.8) is 0 Å². The van der Waals surface area contributed by atoms with Crippen molar-refractivity contribution in [2.75, 3.05) is 6.54 Å². The van der Waals surface area contributed by atoms with Crippen molar-refractivity contribution in [1.29, 1.82) is 0 Å². The van der Waals surface area contributed by atoms with Gasteiger partial charge in [0.05, 0.1) is 17.1 Å². The molecule has 3 aromatic carbocycles. The summed E-state index contributed by atoms with van der Waals surface area (Å²) in [6, 6.07) is 24.8. The van der Waals surface area contributed by atoms with Crippen molar-refractivity contribution in [3.05, 3.63) is 106 Å². The highest BCUT2D eigenvalue weighted by Crippen LogP contribution is 2.38. The zero-order valence-corrected chi connectivity index (χ0v) is 22.4. The molecule has 1 atom stereocenters. The molecule has 0 spiro atoms. The number of aryl methyl sites for hydroxylation is 3. The molecule has 1 aliphatic heterocycles. The van der Waals surface area contributed by atoms with Crippen molar-refractivity contribution in [1.82, 2.24) is 19.7 Å². The summed E-state index contributed by atoms with van der Waals surface area (Å²) in [5.74, 6) is 0. The van der Waals surface area contributed by atoms with Crippen molar-refractivity contribution >= 4 is 10.9 Å². The lowest BCUT2D eigenvalue weighted by Crippen LogP contribution is -2.33. The van der Waals surface area contributed by atoms with Gasteiger partial charge >= 0.3 is 0 Å². The molecule has 0 bridgehead atoms. The molecule has 6 rings (SSSR count). The lowest BCUT2D eigenvalue weighted by molar-refractivity contribution is 0.191. The number of hydrogen-bond acceptors (Lipinski definition) is 2. The fraction of sp³-hybridized carbons (Fsp3) is 0.303. The Morgan fingerprint density at radius 2 is 1.73 bits per heavy atom. The summed E-state index contributed by atoms with van der Waals surface area (Å²) in [7, 11) is 0. The van der Waals surface area contributed by atoms with E-state index in [-0.39, 0.29) is 0 Å². The second-order valence-corrected chi connectivity index (χ2v) is 10.4. The van der Waals surface area contributed by atoms with Crippen LogP contribution in [0.5, 0.6) is 0 Å². The predicted molar refractivity (Wildman–Crippen MR) is 153 cm³/mol. The van der Waals surface area contributed by atoms with Crippen LogP contribution in [0.25, 0.3) is 27.8 Å². The smallest absolute Gasteiger partial charge is 0.0789 e.